The third-order valence-corrected chi connectivity index (χ3v) is 4.31. The molecule has 21 heavy (non-hydrogen) atoms. The van der Waals surface area contributed by atoms with Crippen molar-refractivity contribution in [3.63, 3.8) is 0 Å². The third kappa shape index (κ3) is 2.17. The molecule has 0 saturated carbocycles. The molecule has 0 bridgehead atoms. The molecule has 108 valence electrons. The highest BCUT2D eigenvalue weighted by Crippen LogP contribution is 2.37. The largest absolute Gasteiger partial charge is 0.454 e. The van der Waals surface area contributed by atoms with Crippen molar-refractivity contribution in [3.05, 3.63) is 59.2 Å². The number of rotatable bonds is 3. The van der Waals surface area contributed by atoms with Crippen LogP contribution in [0.15, 0.2) is 42.5 Å². The van der Waals surface area contributed by atoms with Gasteiger partial charge in [-0.2, -0.15) is 0 Å². The molecule has 2 aliphatic heterocycles. The molecule has 2 aromatic carbocycles. The molecular formula is C17H18N2O2. The predicted octanol–water partition coefficient (Wildman–Crippen LogP) is 2.43. The summed E-state index contributed by atoms with van der Waals surface area (Å²) in [5.74, 6) is 1.64. The van der Waals surface area contributed by atoms with Crippen molar-refractivity contribution in [3.8, 4) is 11.5 Å². The van der Waals surface area contributed by atoms with Crippen LogP contribution in [0.5, 0.6) is 11.5 Å². The normalized spacial score (nSPS) is 17.8. The Hall–Kier alpha value is -2.04. The molecule has 2 aromatic rings. The van der Waals surface area contributed by atoms with Gasteiger partial charge in [-0.3, -0.25) is 4.90 Å². The van der Waals surface area contributed by atoms with Crippen LogP contribution in [-0.4, -0.2) is 18.2 Å². The van der Waals surface area contributed by atoms with Crippen LogP contribution >= 0.6 is 0 Å². The average molecular weight is 282 g/mol. The molecule has 1 unspecified atom stereocenters. The van der Waals surface area contributed by atoms with Crippen molar-refractivity contribution >= 4 is 0 Å². The lowest BCUT2D eigenvalue weighted by atomic mass is 10.0. The molecule has 0 radical (unpaired) electrons. The highest BCUT2D eigenvalue weighted by molar-refractivity contribution is 5.45. The number of fused-ring (bicyclic) bond motifs is 2. The summed E-state index contributed by atoms with van der Waals surface area (Å²) in [4.78, 5) is 2.42. The lowest BCUT2D eigenvalue weighted by Gasteiger charge is -2.26. The van der Waals surface area contributed by atoms with Crippen LogP contribution in [0.1, 0.15) is 22.7 Å². The monoisotopic (exact) mass is 282 g/mol. The molecule has 4 heteroatoms. The number of nitrogens with two attached hydrogens (primary N) is 1. The summed E-state index contributed by atoms with van der Waals surface area (Å²) in [5, 5.41) is 0. The summed E-state index contributed by atoms with van der Waals surface area (Å²) in [6, 6.07) is 14.9. The van der Waals surface area contributed by atoms with E-state index in [1.54, 1.807) is 0 Å². The Bertz CT molecular complexity index is 647. The second-order valence-electron chi connectivity index (χ2n) is 5.54. The van der Waals surface area contributed by atoms with Gasteiger partial charge >= 0.3 is 0 Å². The molecule has 0 saturated heterocycles. The standard InChI is InChI=1S/C17H18N2O2/c18-8-15(12-5-6-16-17(7-12)21-11-20-16)19-9-13-3-1-2-4-14(13)10-19/h1-7,15H,8-11,18H2. The molecule has 0 aromatic heterocycles. The summed E-state index contributed by atoms with van der Waals surface area (Å²) >= 11 is 0. The van der Waals surface area contributed by atoms with Crippen LogP contribution in [-0.2, 0) is 13.1 Å². The van der Waals surface area contributed by atoms with Gasteiger partial charge in [-0.1, -0.05) is 30.3 Å². The number of hydrogen-bond acceptors (Lipinski definition) is 4. The van der Waals surface area contributed by atoms with E-state index in [2.05, 4.69) is 41.3 Å². The van der Waals surface area contributed by atoms with Gasteiger partial charge in [0.2, 0.25) is 6.79 Å². The summed E-state index contributed by atoms with van der Waals surface area (Å²) in [6.07, 6.45) is 0. The fraction of sp³-hybridized carbons (Fsp3) is 0.294. The van der Waals surface area contributed by atoms with E-state index in [0.29, 0.717) is 13.3 Å². The summed E-state index contributed by atoms with van der Waals surface area (Å²) < 4.78 is 10.9. The molecule has 0 fully saturated rings. The Morgan fingerprint density at radius 1 is 1.00 bits per heavy atom. The van der Waals surface area contributed by atoms with Gasteiger partial charge in [0.1, 0.15) is 0 Å². The smallest absolute Gasteiger partial charge is 0.231 e. The number of ether oxygens (including phenoxy) is 2. The Labute approximate surface area is 124 Å². The molecule has 0 aliphatic carbocycles. The molecule has 2 aliphatic rings. The molecule has 0 amide bonds. The maximum Gasteiger partial charge on any atom is 0.231 e. The molecular weight excluding hydrogens is 264 g/mol. The summed E-state index contributed by atoms with van der Waals surface area (Å²) in [5.41, 5.74) is 10.0. The van der Waals surface area contributed by atoms with Gasteiger partial charge < -0.3 is 15.2 Å². The number of benzene rings is 2. The van der Waals surface area contributed by atoms with Crippen LogP contribution in [0.4, 0.5) is 0 Å². The van der Waals surface area contributed by atoms with Crippen LogP contribution < -0.4 is 15.2 Å². The molecule has 4 rings (SSSR count). The van der Waals surface area contributed by atoms with Crippen molar-refractivity contribution in [2.24, 2.45) is 5.73 Å². The average Bonchev–Trinajstić information content (AvgIpc) is 3.13. The van der Waals surface area contributed by atoms with E-state index in [1.807, 2.05) is 6.07 Å². The van der Waals surface area contributed by atoms with Crippen molar-refractivity contribution in [1.29, 1.82) is 0 Å². The highest BCUT2D eigenvalue weighted by Gasteiger charge is 2.27. The third-order valence-electron chi connectivity index (χ3n) is 4.31. The van der Waals surface area contributed by atoms with E-state index in [0.717, 1.165) is 24.6 Å². The fourth-order valence-corrected chi connectivity index (χ4v) is 3.20. The lowest BCUT2D eigenvalue weighted by Crippen LogP contribution is -2.29. The Morgan fingerprint density at radius 3 is 2.43 bits per heavy atom. The number of nitrogens with zero attached hydrogens (tertiary/aromatic N) is 1. The van der Waals surface area contributed by atoms with Gasteiger partial charge in [0.05, 0.1) is 0 Å². The Morgan fingerprint density at radius 2 is 1.71 bits per heavy atom. The fourth-order valence-electron chi connectivity index (χ4n) is 3.20. The van der Waals surface area contributed by atoms with E-state index < -0.39 is 0 Å². The zero-order chi connectivity index (χ0) is 14.2. The quantitative estimate of drug-likeness (QED) is 0.939. The van der Waals surface area contributed by atoms with E-state index in [1.165, 1.54) is 16.7 Å². The van der Waals surface area contributed by atoms with E-state index >= 15 is 0 Å². The molecule has 2 N–H and O–H groups in total. The van der Waals surface area contributed by atoms with Gasteiger partial charge in [0.15, 0.2) is 11.5 Å². The molecule has 1 atom stereocenters. The minimum Gasteiger partial charge on any atom is -0.454 e. The van der Waals surface area contributed by atoms with Gasteiger partial charge in [-0.25, -0.2) is 0 Å². The maximum absolute atomic E-state index is 6.05. The zero-order valence-electron chi connectivity index (χ0n) is 11.8. The molecule has 0 spiro atoms. The van der Waals surface area contributed by atoms with E-state index in [4.69, 9.17) is 15.2 Å². The van der Waals surface area contributed by atoms with E-state index in [-0.39, 0.29) is 6.04 Å². The Balaban J connectivity index is 1.61. The van der Waals surface area contributed by atoms with Gasteiger partial charge in [0, 0.05) is 25.7 Å². The van der Waals surface area contributed by atoms with Crippen LogP contribution in [0.3, 0.4) is 0 Å². The zero-order valence-corrected chi connectivity index (χ0v) is 11.8. The van der Waals surface area contributed by atoms with Gasteiger partial charge in [-0.05, 0) is 28.8 Å². The van der Waals surface area contributed by atoms with Crippen molar-refractivity contribution in [2.75, 3.05) is 13.3 Å². The van der Waals surface area contributed by atoms with Gasteiger partial charge in [-0.15, -0.1) is 0 Å². The minimum absolute atomic E-state index is 0.201. The molecule has 4 nitrogen and oxygen atoms in total. The van der Waals surface area contributed by atoms with Gasteiger partial charge in [0.25, 0.3) is 0 Å². The summed E-state index contributed by atoms with van der Waals surface area (Å²) in [7, 11) is 0. The van der Waals surface area contributed by atoms with E-state index in [9.17, 15) is 0 Å². The lowest BCUT2D eigenvalue weighted by molar-refractivity contribution is 0.173. The minimum atomic E-state index is 0.201. The van der Waals surface area contributed by atoms with Crippen LogP contribution in [0, 0.1) is 0 Å². The second kappa shape index (κ2) is 5.06. The first-order valence-electron chi connectivity index (χ1n) is 7.25. The predicted molar refractivity (Wildman–Crippen MR) is 80.0 cm³/mol. The first kappa shape index (κ1) is 12.7. The summed E-state index contributed by atoms with van der Waals surface area (Å²) in [6.45, 7) is 2.80. The first-order chi connectivity index (χ1) is 10.3. The van der Waals surface area contributed by atoms with Crippen molar-refractivity contribution in [1.82, 2.24) is 4.90 Å². The van der Waals surface area contributed by atoms with Crippen LogP contribution in [0.25, 0.3) is 0 Å². The highest BCUT2D eigenvalue weighted by atomic mass is 16.7. The van der Waals surface area contributed by atoms with Crippen molar-refractivity contribution < 1.29 is 9.47 Å². The SMILES string of the molecule is NCC(c1ccc2c(c1)OCO2)N1Cc2ccccc2C1. The van der Waals surface area contributed by atoms with Crippen molar-refractivity contribution in [2.45, 2.75) is 19.1 Å². The number of hydrogen-bond donors (Lipinski definition) is 1. The topological polar surface area (TPSA) is 47.7 Å². The Kier molecular flexibility index (Phi) is 3.05. The first-order valence-corrected chi connectivity index (χ1v) is 7.25. The van der Waals surface area contributed by atoms with Crippen LogP contribution in [0.2, 0.25) is 0 Å². The molecule has 2 heterocycles. The second-order valence-corrected chi connectivity index (χ2v) is 5.54. The maximum atomic E-state index is 6.05.